The van der Waals surface area contributed by atoms with E-state index in [2.05, 4.69) is 10.5 Å². The second-order valence-electron chi connectivity index (χ2n) is 5.05. The molecule has 1 fully saturated rings. The maximum absolute atomic E-state index is 12.3. The largest absolute Gasteiger partial charge is 0.409 e. The highest BCUT2D eigenvalue weighted by molar-refractivity contribution is 6.31. The molecule has 1 aromatic rings. The van der Waals surface area contributed by atoms with Crippen LogP contribution in [0.4, 0.5) is 0 Å². The number of hydrogen-bond acceptors (Lipinski definition) is 3. The molecule has 0 saturated heterocycles. The van der Waals surface area contributed by atoms with Crippen molar-refractivity contribution in [2.75, 3.05) is 0 Å². The summed E-state index contributed by atoms with van der Waals surface area (Å²) in [6.45, 7) is 1.81. The Hall–Kier alpha value is -1.75. The van der Waals surface area contributed by atoms with Crippen LogP contribution in [0.25, 0.3) is 0 Å². The van der Waals surface area contributed by atoms with Gasteiger partial charge in [-0.1, -0.05) is 29.2 Å². The maximum Gasteiger partial charge on any atom is 0.251 e. The molecule has 4 N–H and O–H groups in total. The SMILES string of the molecule is Cc1c(Cl)cccc1C(=O)NC1CCCC1/C(N)=N/O. The van der Waals surface area contributed by atoms with E-state index in [1.165, 1.54) is 0 Å². The first-order chi connectivity index (χ1) is 9.54. The smallest absolute Gasteiger partial charge is 0.251 e. The number of carbonyl (C=O) groups is 1. The lowest BCUT2D eigenvalue weighted by atomic mass is 10.0. The zero-order valence-corrected chi connectivity index (χ0v) is 12.0. The maximum atomic E-state index is 12.3. The molecule has 0 aromatic heterocycles. The van der Waals surface area contributed by atoms with E-state index >= 15 is 0 Å². The summed E-state index contributed by atoms with van der Waals surface area (Å²) in [7, 11) is 0. The van der Waals surface area contributed by atoms with Crippen molar-refractivity contribution < 1.29 is 10.0 Å². The first kappa shape index (κ1) is 14.7. The highest BCUT2D eigenvalue weighted by Gasteiger charge is 2.32. The highest BCUT2D eigenvalue weighted by atomic mass is 35.5. The summed E-state index contributed by atoms with van der Waals surface area (Å²) < 4.78 is 0. The fourth-order valence-corrected chi connectivity index (χ4v) is 2.84. The van der Waals surface area contributed by atoms with Gasteiger partial charge in [-0.3, -0.25) is 4.79 Å². The van der Waals surface area contributed by atoms with Crippen molar-refractivity contribution in [1.82, 2.24) is 5.32 Å². The minimum absolute atomic E-state index is 0.100. The van der Waals surface area contributed by atoms with Gasteiger partial charge >= 0.3 is 0 Å². The van der Waals surface area contributed by atoms with Gasteiger partial charge in [0.2, 0.25) is 0 Å². The minimum atomic E-state index is -0.173. The van der Waals surface area contributed by atoms with Crippen LogP contribution in [0.2, 0.25) is 5.02 Å². The Balaban J connectivity index is 2.13. The topological polar surface area (TPSA) is 87.7 Å². The lowest BCUT2D eigenvalue weighted by Gasteiger charge is -2.20. The summed E-state index contributed by atoms with van der Waals surface area (Å²) in [5, 5.41) is 15.4. The van der Waals surface area contributed by atoms with E-state index < -0.39 is 0 Å². The van der Waals surface area contributed by atoms with Crippen LogP contribution in [0.15, 0.2) is 23.4 Å². The molecule has 20 heavy (non-hydrogen) atoms. The summed E-state index contributed by atoms with van der Waals surface area (Å²) in [5.41, 5.74) is 6.98. The van der Waals surface area contributed by atoms with E-state index in [-0.39, 0.29) is 23.7 Å². The van der Waals surface area contributed by atoms with Gasteiger partial charge in [-0.2, -0.15) is 0 Å². The van der Waals surface area contributed by atoms with E-state index in [0.717, 1.165) is 24.8 Å². The fourth-order valence-electron chi connectivity index (χ4n) is 2.66. The number of nitrogens with zero attached hydrogens (tertiary/aromatic N) is 1. The third-order valence-corrected chi connectivity index (χ3v) is 4.25. The van der Waals surface area contributed by atoms with Gasteiger partial charge < -0.3 is 16.3 Å². The highest BCUT2D eigenvalue weighted by Crippen LogP contribution is 2.26. The Morgan fingerprint density at radius 3 is 2.95 bits per heavy atom. The van der Waals surface area contributed by atoms with Crippen molar-refractivity contribution >= 4 is 23.3 Å². The lowest BCUT2D eigenvalue weighted by molar-refractivity contribution is 0.0932. The van der Waals surface area contributed by atoms with E-state index in [1.807, 2.05) is 6.92 Å². The van der Waals surface area contributed by atoms with Crippen LogP contribution in [0.5, 0.6) is 0 Å². The van der Waals surface area contributed by atoms with Crippen LogP contribution in [0, 0.1) is 12.8 Å². The number of amidine groups is 1. The van der Waals surface area contributed by atoms with Gasteiger partial charge in [0.1, 0.15) is 5.84 Å². The third-order valence-electron chi connectivity index (χ3n) is 3.84. The number of oxime groups is 1. The van der Waals surface area contributed by atoms with Gasteiger partial charge in [0, 0.05) is 22.5 Å². The first-order valence-corrected chi connectivity index (χ1v) is 6.95. The van der Waals surface area contributed by atoms with Crippen molar-refractivity contribution in [2.24, 2.45) is 16.8 Å². The summed E-state index contributed by atoms with van der Waals surface area (Å²) in [6.07, 6.45) is 2.59. The first-order valence-electron chi connectivity index (χ1n) is 6.58. The van der Waals surface area contributed by atoms with Crippen molar-refractivity contribution in [1.29, 1.82) is 0 Å². The molecular weight excluding hydrogens is 278 g/mol. The van der Waals surface area contributed by atoms with Gasteiger partial charge in [-0.25, -0.2) is 0 Å². The van der Waals surface area contributed by atoms with Crippen LogP contribution in [-0.4, -0.2) is 23.0 Å². The summed E-state index contributed by atoms with van der Waals surface area (Å²) in [4.78, 5) is 12.3. The molecule has 0 aliphatic heterocycles. The molecule has 0 bridgehead atoms. The standard InChI is InChI=1S/C14H18ClN3O2/c1-8-9(4-2-6-11(8)15)14(19)17-12-7-3-5-10(12)13(16)18-20/h2,4,6,10,12,20H,3,5,7H2,1H3,(H2,16,18)(H,17,19). The van der Waals surface area contributed by atoms with E-state index in [4.69, 9.17) is 22.5 Å². The molecule has 1 amide bonds. The normalized spacial score (nSPS) is 22.8. The molecule has 1 aliphatic rings. The van der Waals surface area contributed by atoms with Crippen LogP contribution in [0.1, 0.15) is 35.2 Å². The molecule has 2 atom stereocenters. The molecule has 1 aromatic carbocycles. The van der Waals surface area contributed by atoms with Crippen LogP contribution < -0.4 is 11.1 Å². The summed E-state index contributed by atoms with van der Waals surface area (Å²) >= 11 is 6.02. The molecular formula is C14H18ClN3O2. The number of nitrogens with one attached hydrogen (secondary N) is 1. The lowest BCUT2D eigenvalue weighted by Crippen LogP contribution is -2.42. The predicted octanol–water partition coefficient (Wildman–Crippen LogP) is 2.29. The summed E-state index contributed by atoms with van der Waals surface area (Å²) in [5.74, 6) is -0.105. The molecule has 2 rings (SSSR count). The van der Waals surface area contributed by atoms with Gasteiger partial charge in [-0.05, 0) is 37.5 Å². The number of benzene rings is 1. The predicted molar refractivity (Wildman–Crippen MR) is 78.2 cm³/mol. The Bertz CT molecular complexity index is 545. The third kappa shape index (κ3) is 2.88. The number of hydrogen-bond donors (Lipinski definition) is 3. The van der Waals surface area contributed by atoms with Crippen molar-refractivity contribution in [3.63, 3.8) is 0 Å². The van der Waals surface area contributed by atoms with Crippen molar-refractivity contribution in [2.45, 2.75) is 32.2 Å². The number of halogens is 1. The monoisotopic (exact) mass is 295 g/mol. The van der Waals surface area contributed by atoms with Crippen molar-refractivity contribution in [3.05, 3.63) is 34.3 Å². The van der Waals surface area contributed by atoms with Crippen LogP contribution in [-0.2, 0) is 0 Å². The number of nitrogens with two attached hydrogens (primary N) is 1. The van der Waals surface area contributed by atoms with Crippen molar-refractivity contribution in [3.8, 4) is 0 Å². The summed E-state index contributed by atoms with van der Waals surface area (Å²) in [6, 6.07) is 5.14. The Kier molecular flexibility index (Phi) is 4.49. The Labute approximate surface area is 122 Å². The average Bonchev–Trinajstić information content (AvgIpc) is 2.89. The van der Waals surface area contributed by atoms with Gasteiger partial charge in [0.25, 0.3) is 5.91 Å². The van der Waals surface area contributed by atoms with E-state index in [0.29, 0.717) is 10.6 Å². The molecule has 5 nitrogen and oxygen atoms in total. The zero-order chi connectivity index (χ0) is 14.7. The Morgan fingerprint density at radius 1 is 1.50 bits per heavy atom. The number of carbonyl (C=O) groups excluding carboxylic acids is 1. The molecule has 1 aliphatic carbocycles. The molecule has 0 heterocycles. The molecule has 108 valence electrons. The zero-order valence-electron chi connectivity index (χ0n) is 11.3. The van der Waals surface area contributed by atoms with Crippen LogP contribution in [0.3, 0.4) is 0 Å². The number of amides is 1. The quantitative estimate of drug-likeness (QED) is 0.346. The molecule has 1 saturated carbocycles. The van der Waals surface area contributed by atoms with Gasteiger partial charge in [-0.15, -0.1) is 0 Å². The molecule has 0 spiro atoms. The Morgan fingerprint density at radius 2 is 2.25 bits per heavy atom. The average molecular weight is 296 g/mol. The molecule has 6 heteroatoms. The molecule has 0 radical (unpaired) electrons. The van der Waals surface area contributed by atoms with Gasteiger partial charge in [0.15, 0.2) is 0 Å². The van der Waals surface area contributed by atoms with E-state index in [9.17, 15) is 4.79 Å². The second kappa shape index (κ2) is 6.13. The second-order valence-corrected chi connectivity index (χ2v) is 5.46. The molecule has 2 unspecified atom stereocenters. The fraction of sp³-hybridized carbons (Fsp3) is 0.429. The van der Waals surface area contributed by atoms with Gasteiger partial charge in [0.05, 0.1) is 0 Å². The van der Waals surface area contributed by atoms with Crippen LogP contribution >= 0.6 is 11.6 Å². The number of rotatable bonds is 3. The van der Waals surface area contributed by atoms with E-state index in [1.54, 1.807) is 18.2 Å². The minimum Gasteiger partial charge on any atom is -0.409 e.